The van der Waals surface area contributed by atoms with E-state index >= 15 is 0 Å². The van der Waals surface area contributed by atoms with Crippen molar-refractivity contribution in [1.82, 2.24) is 0 Å². The number of benzene rings is 2. The lowest BCUT2D eigenvalue weighted by Crippen LogP contribution is -2.14. The van der Waals surface area contributed by atoms with Crippen molar-refractivity contribution in [1.29, 1.82) is 0 Å². The SMILES string of the molecule is COc1ccc(COC(=O)c2cc(S(N)(=O)=O)ccc2F)cc1F. The van der Waals surface area contributed by atoms with Gasteiger partial charge in [0.15, 0.2) is 11.6 Å². The topological polar surface area (TPSA) is 95.7 Å². The second kappa shape index (κ2) is 6.93. The van der Waals surface area contributed by atoms with Crippen LogP contribution in [0.15, 0.2) is 41.3 Å². The second-order valence-corrected chi connectivity index (χ2v) is 6.29. The predicted molar refractivity (Wildman–Crippen MR) is 79.8 cm³/mol. The molecule has 2 aromatic rings. The molecule has 0 unspecified atom stereocenters. The summed E-state index contributed by atoms with van der Waals surface area (Å²) in [6.45, 7) is -0.335. The molecule has 0 heterocycles. The quantitative estimate of drug-likeness (QED) is 0.826. The fourth-order valence-corrected chi connectivity index (χ4v) is 2.40. The number of rotatable bonds is 5. The Kier molecular flexibility index (Phi) is 5.15. The van der Waals surface area contributed by atoms with E-state index in [4.69, 9.17) is 14.6 Å². The highest BCUT2D eigenvalue weighted by molar-refractivity contribution is 7.89. The molecular weight excluding hydrogens is 344 g/mol. The van der Waals surface area contributed by atoms with Crippen LogP contribution in [-0.2, 0) is 21.4 Å². The number of esters is 1. The highest BCUT2D eigenvalue weighted by atomic mass is 32.2. The normalized spacial score (nSPS) is 11.2. The van der Waals surface area contributed by atoms with Gasteiger partial charge in [0.05, 0.1) is 17.6 Å². The Morgan fingerprint density at radius 3 is 2.42 bits per heavy atom. The average molecular weight is 357 g/mol. The van der Waals surface area contributed by atoms with Gasteiger partial charge in [0.25, 0.3) is 0 Å². The van der Waals surface area contributed by atoms with Gasteiger partial charge in [-0.2, -0.15) is 0 Å². The Labute approximate surface area is 136 Å². The van der Waals surface area contributed by atoms with Crippen LogP contribution in [0.2, 0.25) is 0 Å². The molecule has 0 radical (unpaired) electrons. The van der Waals surface area contributed by atoms with E-state index in [-0.39, 0.29) is 12.4 Å². The number of halogens is 2. The van der Waals surface area contributed by atoms with Gasteiger partial charge in [-0.15, -0.1) is 0 Å². The number of methoxy groups -OCH3 is 1. The first-order valence-corrected chi connectivity index (χ1v) is 8.09. The maximum atomic E-state index is 13.7. The number of primary sulfonamides is 1. The standard InChI is InChI=1S/C15H13F2NO5S/c1-22-14-5-2-9(6-13(14)17)8-23-15(19)11-7-10(24(18,20)21)3-4-12(11)16/h2-7H,8H2,1H3,(H2,18,20,21). The summed E-state index contributed by atoms with van der Waals surface area (Å²) in [6.07, 6.45) is 0. The number of carbonyl (C=O) groups is 1. The molecule has 2 rings (SSSR count). The smallest absolute Gasteiger partial charge is 0.341 e. The van der Waals surface area contributed by atoms with Crippen molar-refractivity contribution in [3.8, 4) is 5.75 Å². The van der Waals surface area contributed by atoms with E-state index in [0.717, 1.165) is 24.3 Å². The first-order chi connectivity index (χ1) is 11.2. The lowest BCUT2D eigenvalue weighted by molar-refractivity contribution is 0.0466. The largest absolute Gasteiger partial charge is 0.494 e. The maximum Gasteiger partial charge on any atom is 0.341 e. The lowest BCUT2D eigenvalue weighted by atomic mass is 10.2. The van der Waals surface area contributed by atoms with Gasteiger partial charge in [-0.1, -0.05) is 6.07 Å². The maximum absolute atomic E-state index is 13.7. The first kappa shape index (κ1) is 17.8. The summed E-state index contributed by atoms with van der Waals surface area (Å²) in [6, 6.07) is 6.42. The van der Waals surface area contributed by atoms with Gasteiger partial charge in [0, 0.05) is 0 Å². The van der Waals surface area contributed by atoms with Crippen molar-refractivity contribution in [2.45, 2.75) is 11.5 Å². The third-order valence-corrected chi connectivity index (χ3v) is 3.98. The number of ether oxygens (including phenoxy) is 2. The van der Waals surface area contributed by atoms with E-state index in [1.54, 1.807) is 0 Å². The molecule has 0 fully saturated rings. The van der Waals surface area contributed by atoms with Gasteiger partial charge in [0.1, 0.15) is 12.4 Å². The second-order valence-electron chi connectivity index (χ2n) is 4.73. The van der Waals surface area contributed by atoms with Crippen molar-refractivity contribution in [3.63, 3.8) is 0 Å². The number of carbonyl (C=O) groups excluding carboxylic acids is 1. The third-order valence-electron chi connectivity index (χ3n) is 3.07. The molecule has 0 aliphatic carbocycles. The lowest BCUT2D eigenvalue weighted by Gasteiger charge is -2.08. The van der Waals surface area contributed by atoms with E-state index in [1.165, 1.54) is 19.2 Å². The minimum Gasteiger partial charge on any atom is -0.494 e. The highest BCUT2D eigenvalue weighted by Gasteiger charge is 2.18. The van der Waals surface area contributed by atoms with Crippen LogP contribution >= 0.6 is 0 Å². The zero-order chi connectivity index (χ0) is 17.9. The Balaban J connectivity index is 2.17. The molecule has 0 atom stereocenters. The predicted octanol–water partition coefficient (Wildman–Crippen LogP) is 1.98. The van der Waals surface area contributed by atoms with Gasteiger partial charge in [-0.25, -0.2) is 27.1 Å². The van der Waals surface area contributed by atoms with Crippen LogP contribution in [-0.4, -0.2) is 21.5 Å². The number of sulfonamides is 1. The Morgan fingerprint density at radius 1 is 1.12 bits per heavy atom. The van der Waals surface area contributed by atoms with Crippen LogP contribution in [0, 0.1) is 11.6 Å². The monoisotopic (exact) mass is 357 g/mol. The molecular formula is C15H13F2NO5S. The zero-order valence-corrected chi connectivity index (χ0v) is 13.3. The van der Waals surface area contributed by atoms with E-state index < -0.39 is 38.1 Å². The third kappa shape index (κ3) is 4.06. The summed E-state index contributed by atoms with van der Waals surface area (Å²) in [5.74, 6) is -2.69. The van der Waals surface area contributed by atoms with Crippen molar-refractivity contribution in [3.05, 3.63) is 59.2 Å². The molecule has 2 N–H and O–H groups in total. The van der Waals surface area contributed by atoms with Gasteiger partial charge in [0.2, 0.25) is 10.0 Å². The molecule has 0 aliphatic rings. The Hall–Kier alpha value is -2.52. The molecule has 24 heavy (non-hydrogen) atoms. The molecule has 0 bridgehead atoms. The molecule has 6 nitrogen and oxygen atoms in total. The summed E-state index contributed by atoms with van der Waals surface area (Å²) in [4.78, 5) is 11.5. The molecule has 9 heteroatoms. The minimum atomic E-state index is -4.09. The fraction of sp³-hybridized carbons (Fsp3) is 0.133. The summed E-state index contributed by atoms with van der Waals surface area (Å²) >= 11 is 0. The van der Waals surface area contributed by atoms with Gasteiger partial charge < -0.3 is 9.47 Å². The number of nitrogens with two attached hydrogens (primary N) is 1. The Morgan fingerprint density at radius 2 is 1.83 bits per heavy atom. The summed E-state index contributed by atoms with van der Waals surface area (Å²) in [5.41, 5.74) is -0.278. The molecule has 0 aromatic heterocycles. The van der Waals surface area contributed by atoms with Gasteiger partial charge in [-0.3, -0.25) is 0 Å². The average Bonchev–Trinajstić information content (AvgIpc) is 2.52. The van der Waals surface area contributed by atoms with Crippen molar-refractivity contribution < 1.29 is 31.5 Å². The van der Waals surface area contributed by atoms with E-state index in [0.29, 0.717) is 5.56 Å². The summed E-state index contributed by atoms with van der Waals surface area (Å²) < 4.78 is 59.3. The minimum absolute atomic E-state index is 0.0250. The van der Waals surface area contributed by atoms with Crippen LogP contribution in [0.3, 0.4) is 0 Å². The molecule has 2 aromatic carbocycles. The van der Waals surface area contributed by atoms with Crippen LogP contribution in [0.5, 0.6) is 5.75 Å². The molecule has 0 aliphatic heterocycles. The van der Waals surface area contributed by atoms with Crippen molar-refractivity contribution in [2.24, 2.45) is 5.14 Å². The molecule has 0 saturated carbocycles. The van der Waals surface area contributed by atoms with Crippen LogP contribution in [0.4, 0.5) is 8.78 Å². The molecule has 128 valence electrons. The van der Waals surface area contributed by atoms with Crippen molar-refractivity contribution in [2.75, 3.05) is 7.11 Å². The van der Waals surface area contributed by atoms with E-state index in [2.05, 4.69) is 0 Å². The fourth-order valence-electron chi connectivity index (χ4n) is 1.86. The Bertz CT molecular complexity index is 883. The van der Waals surface area contributed by atoms with Crippen LogP contribution < -0.4 is 9.88 Å². The molecule has 0 saturated heterocycles. The molecule has 0 spiro atoms. The summed E-state index contributed by atoms with van der Waals surface area (Å²) in [5, 5.41) is 4.93. The van der Waals surface area contributed by atoms with Crippen LogP contribution in [0.25, 0.3) is 0 Å². The molecule has 0 amide bonds. The number of hydrogen-bond acceptors (Lipinski definition) is 5. The van der Waals surface area contributed by atoms with E-state index in [1.807, 2.05) is 0 Å². The first-order valence-electron chi connectivity index (χ1n) is 6.54. The number of hydrogen-bond donors (Lipinski definition) is 1. The summed E-state index contributed by atoms with van der Waals surface area (Å²) in [7, 11) is -2.79. The zero-order valence-electron chi connectivity index (χ0n) is 12.5. The van der Waals surface area contributed by atoms with Gasteiger partial charge in [-0.05, 0) is 35.9 Å². The van der Waals surface area contributed by atoms with Crippen molar-refractivity contribution >= 4 is 16.0 Å². The van der Waals surface area contributed by atoms with E-state index in [9.17, 15) is 22.0 Å². The van der Waals surface area contributed by atoms with Crippen LogP contribution in [0.1, 0.15) is 15.9 Å². The van der Waals surface area contributed by atoms with Gasteiger partial charge >= 0.3 is 5.97 Å². The highest BCUT2D eigenvalue weighted by Crippen LogP contribution is 2.19.